The first-order chi connectivity index (χ1) is 7.77. The molecule has 0 aliphatic heterocycles. The van der Waals surface area contributed by atoms with Crippen molar-refractivity contribution in [1.82, 2.24) is 9.55 Å². The Labute approximate surface area is 97.9 Å². The molecule has 0 aliphatic rings. The van der Waals surface area contributed by atoms with E-state index in [1.807, 2.05) is 10.8 Å². The minimum atomic E-state index is 0.0580. The van der Waals surface area contributed by atoms with Crippen LogP contribution in [-0.2, 0) is 13.0 Å². The van der Waals surface area contributed by atoms with Gasteiger partial charge >= 0.3 is 5.69 Å². The van der Waals surface area contributed by atoms with E-state index < -0.39 is 0 Å². The molecule has 0 saturated heterocycles. The van der Waals surface area contributed by atoms with Crippen molar-refractivity contribution in [2.45, 2.75) is 65.3 Å². The van der Waals surface area contributed by atoms with Crippen LogP contribution in [0, 0.1) is 0 Å². The van der Waals surface area contributed by atoms with E-state index in [0.29, 0.717) is 0 Å². The van der Waals surface area contributed by atoms with Crippen LogP contribution in [0.2, 0.25) is 0 Å². The lowest BCUT2D eigenvalue weighted by Crippen LogP contribution is -2.16. The van der Waals surface area contributed by atoms with Gasteiger partial charge in [-0.3, -0.25) is 4.57 Å². The molecule has 1 rings (SSSR count). The van der Waals surface area contributed by atoms with Crippen LogP contribution in [0.5, 0.6) is 0 Å². The molecule has 1 aromatic rings. The molecule has 3 heteroatoms. The lowest BCUT2D eigenvalue weighted by molar-refractivity contribution is 0.588. The average Bonchev–Trinajstić information content (AvgIpc) is 2.61. The molecule has 0 atom stereocenters. The fourth-order valence-corrected chi connectivity index (χ4v) is 1.88. The van der Waals surface area contributed by atoms with Gasteiger partial charge in [-0.25, -0.2) is 4.79 Å². The van der Waals surface area contributed by atoms with Crippen LogP contribution in [0.15, 0.2) is 11.0 Å². The van der Waals surface area contributed by atoms with E-state index >= 15 is 0 Å². The molecule has 3 nitrogen and oxygen atoms in total. The highest BCUT2D eigenvalue weighted by Crippen LogP contribution is 2.03. The number of rotatable bonds is 8. The summed E-state index contributed by atoms with van der Waals surface area (Å²) in [7, 11) is 0. The molecule has 0 radical (unpaired) electrons. The Balaban J connectivity index is 2.43. The SMILES string of the molecule is CCCCCc1cn(CCCCC)c(=O)[nH]1. The molecule has 1 N–H and O–H groups in total. The van der Waals surface area contributed by atoms with Crippen LogP contribution in [0.1, 0.15) is 58.1 Å². The summed E-state index contributed by atoms with van der Waals surface area (Å²) in [4.78, 5) is 14.5. The van der Waals surface area contributed by atoms with Crippen LogP contribution < -0.4 is 5.69 Å². The second kappa shape index (κ2) is 7.31. The highest BCUT2D eigenvalue weighted by atomic mass is 16.1. The number of aromatic nitrogens is 2. The van der Waals surface area contributed by atoms with Crippen molar-refractivity contribution in [3.8, 4) is 0 Å². The Morgan fingerprint density at radius 1 is 1.12 bits per heavy atom. The number of nitrogens with one attached hydrogen (secondary N) is 1. The lowest BCUT2D eigenvalue weighted by atomic mass is 10.2. The van der Waals surface area contributed by atoms with E-state index in [1.165, 1.54) is 32.1 Å². The summed E-state index contributed by atoms with van der Waals surface area (Å²) in [5.74, 6) is 0. The Kier molecular flexibility index (Phi) is 5.98. The number of aromatic amines is 1. The topological polar surface area (TPSA) is 37.8 Å². The van der Waals surface area contributed by atoms with Crippen LogP contribution in [0.25, 0.3) is 0 Å². The van der Waals surface area contributed by atoms with Gasteiger partial charge in [-0.2, -0.15) is 0 Å². The van der Waals surface area contributed by atoms with Gasteiger partial charge < -0.3 is 4.98 Å². The number of hydrogen-bond acceptors (Lipinski definition) is 1. The van der Waals surface area contributed by atoms with Crippen molar-refractivity contribution < 1.29 is 0 Å². The molecule has 0 amide bonds. The zero-order chi connectivity index (χ0) is 11.8. The second-order valence-electron chi connectivity index (χ2n) is 4.44. The summed E-state index contributed by atoms with van der Waals surface area (Å²) in [6, 6.07) is 0. The minimum Gasteiger partial charge on any atom is -0.310 e. The summed E-state index contributed by atoms with van der Waals surface area (Å²) in [5, 5.41) is 0. The summed E-state index contributed by atoms with van der Waals surface area (Å²) >= 11 is 0. The number of hydrogen-bond donors (Lipinski definition) is 1. The van der Waals surface area contributed by atoms with Crippen LogP contribution in [-0.4, -0.2) is 9.55 Å². The fraction of sp³-hybridized carbons (Fsp3) is 0.769. The average molecular weight is 224 g/mol. The van der Waals surface area contributed by atoms with Gasteiger partial charge in [0.05, 0.1) is 0 Å². The number of H-pyrrole nitrogens is 1. The maximum atomic E-state index is 11.6. The van der Waals surface area contributed by atoms with Crippen molar-refractivity contribution in [3.05, 3.63) is 22.4 Å². The first kappa shape index (κ1) is 13.1. The van der Waals surface area contributed by atoms with Gasteiger partial charge in [-0.15, -0.1) is 0 Å². The molecule has 0 spiro atoms. The first-order valence-corrected chi connectivity index (χ1v) is 6.56. The van der Waals surface area contributed by atoms with Crippen molar-refractivity contribution in [1.29, 1.82) is 0 Å². The van der Waals surface area contributed by atoms with E-state index in [1.54, 1.807) is 0 Å². The van der Waals surface area contributed by atoms with Gasteiger partial charge in [-0.1, -0.05) is 39.5 Å². The quantitative estimate of drug-likeness (QED) is 0.677. The molecule has 1 heterocycles. The molecule has 92 valence electrons. The van der Waals surface area contributed by atoms with Crippen molar-refractivity contribution in [2.75, 3.05) is 0 Å². The lowest BCUT2D eigenvalue weighted by Gasteiger charge is -1.99. The van der Waals surface area contributed by atoms with Gasteiger partial charge in [0.1, 0.15) is 0 Å². The van der Waals surface area contributed by atoms with Gasteiger partial charge in [0.15, 0.2) is 0 Å². The number of unbranched alkanes of at least 4 members (excludes halogenated alkanes) is 4. The predicted molar refractivity (Wildman–Crippen MR) is 67.8 cm³/mol. The first-order valence-electron chi connectivity index (χ1n) is 6.56. The summed E-state index contributed by atoms with van der Waals surface area (Å²) in [6.07, 6.45) is 10.1. The van der Waals surface area contributed by atoms with E-state index in [9.17, 15) is 4.79 Å². The zero-order valence-corrected chi connectivity index (χ0v) is 10.6. The van der Waals surface area contributed by atoms with Crippen LogP contribution >= 0.6 is 0 Å². The molecule has 0 aliphatic carbocycles. The third-order valence-electron chi connectivity index (χ3n) is 2.89. The standard InChI is InChI=1S/C13H24N2O/c1-3-5-7-9-12-11-15(13(16)14-12)10-8-6-4-2/h11H,3-10H2,1-2H3,(H,14,16). The predicted octanol–water partition coefficient (Wildman–Crippen LogP) is 3.10. The monoisotopic (exact) mass is 224 g/mol. The van der Waals surface area contributed by atoms with E-state index in [0.717, 1.165) is 25.1 Å². The van der Waals surface area contributed by atoms with E-state index in [2.05, 4.69) is 18.8 Å². The summed E-state index contributed by atoms with van der Waals surface area (Å²) < 4.78 is 1.82. The fourth-order valence-electron chi connectivity index (χ4n) is 1.88. The summed E-state index contributed by atoms with van der Waals surface area (Å²) in [6.45, 7) is 5.23. The molecule has 0 bridgehead atoms. The Hall–Kier alpha value is -0.990. The molecule has 0 saturated carbocycles. The molecular weight excluding hydrogens is 200 g/mol. The van der Waals surface area contributed by atoms with Crippen LogP contribution in [0.3, 0.4) is 0 Å². The molecule has 1 aromatic heterocycles. The number of nitrogens with zero attached hydrogens (tertiary/aromatic N) is 1. The van der Waals surface area contributed by atoms with Gasteiger partial charge in [0, 0.05) is 18.4 Å². The van der Waals surface area contributed by atoms with Crippen molar-refractivity contribution in [2.24, 2.45) is 0 Å². The maximum Gasteiger partial charge on any atom is 0.325 e. The third kappa shape index (κ3) is 4.25. The third-order valence-corrected chi connectivity index (χ3v) is 2.89. The molecular formula is C13H24N2O. The number of aryl methyl sites for hydroxylation is 2. The summed E-state index contributed by atoms with van der Waals surface area (Å²) in [5.41, 5.74) is 1.15. The van der Waals surface area contributed by atoms with E-state index in [-0.39, 0.29) is 5.69 Å². The zero-order valence-electron chi connectivity index (χ0n) is 10.6. The highest BCUT2D eigenvalue weighted by Gasteiger charge is 2.02. The number of imidazole rings is 1. The largest absolute Gasteiger partial charge is 0.325 e. The van der Waals surface area contributed by atoms with Crippen LogP contribution in [0.4, 0.5) is 0 Å². The Morgan fingerprint density at radius 2 is 1.81 bits per heavy atom. The van der Waals surface area contributed by atoms with Gasteiger partial charge in [-0.05, 0) is 19.3 Å². The maximum absolute atomic E-state index is 11.6. The van der Waals surface area contributed by atoms with Gasteiger partial charge in [0.25, 0.3) is 0 Å². The Bertz CT molecular complexity index is 338. The van der Waals surface area contributed by atoms with Crippen molar-refractivity contribution >= 4 is 0 Å². The molecule has 0 fully saturated rings. The second-order valence-corrected chi connectivity index (χ2v) is 4.44. The molecule has 0 unspecified atom stereocenters. The normalized spacial score (nSPS) is 10.9. The molecule has 16 heavy (non-hydrogen) atoms. The smallest absolute Gasteiger partial charge is 0.310 e. The van der Waals surface area contributed by atoms with E-state index in [4.69, 9.17) is 0 Å². The van der Waals surface area contributed by atoms with Gasteiger partial charge in [0.2, 0.25) is 0 Å². The molecule has 0 aromatic carbocycles. The highest BCUT2D eigenvalue weighted by molar-refractivity contribution is 4.97. The Morgan fingerprint density at radius 3 is 2.50 bits per heavy atom. The van der Waals surface area contributed by atoms with Crippen molar-refractivity contribution in [3.63, 3.8) is 0 Å². The minimum absolute atomic E-state index is 0.0580.